The predicted octanol–water partition coefficient (Wildman–Crippen LogP) is 1.90. The topological polar surface area (TPSA) is 64.4 Å². The summed E-state index contributed by atoms with van der Waals surface area (Å²) in [6.45, 7) is 3.28. The summed E-state index contributed by atoms with van der Waals surface area (Å²) in [7, 11) is 0. The lowest BCUT2D eigenvalue weighted by Crippen LogP contribution is -2.38. The second-order valence-corrected chi connectivity index (χ2v) is 5.84. The Bertz CT molecular complexity index is 717. The van der Waals surface area contributed by atoms with Gasteiger partial charge in [0.15, 0.2) is 6.61 Å². The van der Waals surface area contributed by atoms with Crippen LogP contribution in [-0.4, -0.2) is 46.0 Å². The Morgan fingerprint density at radius 2 is 1.91 bits per heavy atom. The molecule has 1 amide bonds. The molecule has 0 aliphatic carbocycles. The van der Waals surface area contributed by atoms with Gasteiger partial charge >= 0.3 is 5.97 Å². The van der Waals surface area contributed by atoms with Crippen LogP contribution >= 0.6 is 0 Å². The highest BCUT2D eigenvalue weighted by molar-refractivity contribution is 5.82. The maximum Gasteiger partial charge on any atom is 0.326 e. The van der Waals surface area contributed by atoms with Gasteiger partial charge in [0.1, 0.15) is 12.4 Å². The van der Waals surface area contributed by atoms with Crippen LogP contribution in [-0.2, 0) is 20.9 Å². The van der Waals surface area contributed by atoms with Crippen molar-refractivity contribution < 1.29 is 14.3 Å². The van der Waals surface area contributed by atoms with Crippen molar-refractivity contribution in [1.29, 1.82) is 0 Å². The van der Waals surface area contributed by atoms with Crippen molar-refractivity contribution in [2.45, 2.75) is 32.7 Å². The van der Waals surface area contributed by atoms with Gasteiger partial charge in [-0.3, -0.25) is 9.59 Å². The fraction of sp³-hybridized carbons (Fsp3) is 0.471. The van der Waals surface area contributed by atoms with Crippen molar-refractivity contribution in [2.24, 2.45) is 0 Å². The fourth-order valence-corrected chi connectivity index (χ4v) is 2.95. The van der Waals surface area contributed by atoms with E-state index in [-0.39, 0.29) is 19.1 Å². The molecule has 1 aliphatic heterocycles. The number of hydrogen-bond acceptors (Lipinski definition) is 4. The molecule has 2 heterocycles. The molecule has 0 bridgehead atoms. The van der Waals surface area contributed by atoms with Crippen LogP contribution in [0.25, 0.3) is 11.0 Å². The van der Waals surface area contributed by atoms with Gasteiger partial charge in [-0.15, -0.1) is 0 Å². The number of ether oxygens (including phenoxy) is 1. The zero-order chi connectivity index (χ0) is 16.2. The number of carbonyl (C=O) groups excluding carboxylic acids is 2. The summed E-state index contributed by atoms with van der Waals surface area (Å²) in [6.07, 6.45) is 3.22. The first-order valence-corrected chi connectivity index (χ1v) is 8.00. The molecule has 1 saturated heterocycles. The number of rotatable bonds is 4. The Labute approximate surface area is 135 Å². The first kappa shape index (κ1) is 15.5. The minimum absolute atomic E-state index is 0.0691. The average molecular weight is 315 g/mol. The van der Waals surface area contributed by atoms with Crippen molar-refractivity contribution in [3.8, 4) is 0 Å². The van der Waals surface area contributed by atoms with Crippen LogP contribution in [0, 0.1) is 6.92 Å². The second kappa shape index (κ2) is 6.81. The van der Waals surface area contributed by atoms with E-state index in [4.69, 9.17) is 4.74 Å². The summed E-state index contributed by atoms with van der Waals surface area (Å²) in [4.78, 5) is 30.3. The number of piperidine rings is 1. The molecule has 0 unspecified atom stereocenters. The third-order valence-corrected chi connectivity index (χ3v) is 4.20. The molecule has 6 nitrogen and oxygen atoms in total. The summed E-state index contributed by atoms with van der Waals surface area (Å²) in [5.41, 5.74) is 1.74. The lowest BCUT2D eigenvalue weighted by atomic mass is 10.1. The minimum atomic E-state index is -0.415. The number of para-hydroxylation sites is 2. The van der Waals surface area contributed by atoms with Gasteiger partial charge in [0, 0.05) is 13.1 Å². The van der Waals surface area contributed by atoms with Crippen LogP contribution in [0.4, 0.5) is 0 Å². The molecule has 2 aromatic rings. The molecule has 0 N–H and O–H groups in total. The monoisotopic (exact) mass is 315 g/mol. The number of benzene rings is 1. The maximum absolute atomic E-state index is 12.1. The Morgan fingerprint density at radius 3 is 2.70 bits per heavy atom. The van der Waals surface area contributed by atoms with Crippen LogP contribution in [0.3, 0.4) is 0 Å². The fourth-order valence-electron chi connectivity index (χ4n) is 2.95. The standard InChI is InChI=1S/C17H21N3O3/c1-13-18-14-7-3-4-8-15(14)20(13)11-17(22)23-12-16(21)19-9-5-2-6-10-19/h3-4,7-8H,2,5-6,9-12H2,1H3. The van der Waals surface area contributed by atoms with Crippen LogP contribution < -0.4 is 0 Å². The molecule has 0 saturated carbocycles. The molecule has 0 atom stereocenters. The van der Waals surface area contributed by atoms with Crippen LogP contribution in [0.2, 0.25) is 0 Å². The Hall–Kier alpha value is -2.37. The quantitative estimate of drug-likeness (QED) is 0.808. The molecular formula is C17H21N3O3. The number of carbonyl (C=O) groups is 2. The van der Waals surface area contributed by atoms with E-state index >= 15 is 0 Å². The predicted molar refractivity (Wildman–Crippen MR) is 85.9 cm³/mol. The van der Waals surface area contributed by atoms with Gasteiger partial charge < -0.3 is 14.2 Å². The molecule has 1 aliphatic rings. The summed E-state index contributed by atoms with van der Waals surface area (Å²) >= 11 is 0. The number of esters is 1. The van der Waals surface area contributed by atoms with E-state index in [0.717, 1.165) is 49.2 Å². The number of likely N-dealkylation sites (tertiary alicyclic amines) is 1. The maximum atomic E-state index is 12.1. The highest BCUT2D eigenvalue weighted by atomic mass is 16.5. The molecule has 0 radical (unpaired) electrons. The van der Waals surface area contributed by atoms with Gasteiger partial charge in [0.2, 0.25) is 0 Å². The smallest absolute Gasteiger partial charge is 0.326 e. The molecule has 23 heavy (non-hydrogen) atoms. The zero-order valence-electron chi connectivity index (χ0n) is 13.3. The lowest BCUT2D eigenvalue weighted by molar-refractivity contribution is -0.152. The summed E-state index contributed by atoms with van der Waals surface area (Å²) in [6, 6.07) is 7.64. The first-order valence-electron chi connectivity index (χ1n) is 8.00. The normalized spacial score (nSPS) is 14.9. The van der Waals surface area contributed by atoms with Crippen molar-refractivity contribution in [2.75, 3.05) is 19.7 Å². The van der Waals surface area contributed by atoms with E-state index in [1.165, 1.54) is 0 Å². The van der Waals surface area contributed by atoms with Crippen LogP contribution in [0.15, 0.2) is 24.3 Å². The SMILES string of the molecule is Cc1nc2ccccc2n1CC(=O)OCC(=O)N1CCCCC1. The third kappa shape index (κ3) is 3.52. The number of hydrogen-bond donors (Lipinski definition) is 0. The highest BCUT2D eigenvalue weighted by Crippen LogP contribution is 2.15. The van der Waals surface area contributed by atoms with Crippen molar-refractivity contribution >= 4 is 22.9 Å². The number of aryl methyl sites for hydroxylation is 1. The van der Waals surface area contributed by atoms with E-state index in [1.54, 1.807) is 4.90 Å². The molecule has 3 rings (SSSR count). The van der Waals surface area contributed by atoms with E-state index in [1.807, 2.05) is 35.8 Å². The third-order valence-electron chi connectivity index (χ3n) is 4.20. The van der Waals surface area contributed by atoms with Gasteiger partial charge in [-0.1, -0.05) is 12.1 Å². The summed E-state index contributed by atoms with van der Waals surface area (Å²) in [5.74, 6) is 0.234. The van der Waals surface area contributed by atoms with Gasteiger partial charge in [-0.2, -0.15) is 0 Å². The average Bonchev–Trinajstić information content (AvgIpc) is 2.89. The molecule has 1 fully saturated rings. The summed E-state index contributed by atoms with van der Waals surface area (Å²) < 4.78 is 6.96. The molecular weight excluding hydrogens is 294 g/mol. The van der Waals surface area contributed by atoms with E-state index in [9.17, 15) is 9.59 Å². The molecule has 122 valence electrons. The van der Waals surface area contributed by atoms with Crippen molar-refractivity contribution in [3.05, 3.63) is 30.1 Å². The summed E-state index contributed by atoms with van der Waals surface area (Å²) in [5, 5.41) is 0. The van der Waals surface area contributed by atoms with E-state index in [0.29, 0.717) is 0 Å². The van der Waals surface area contributed by atoms with Crippen molar-refractivity contribution in [3.63, 3.8) is 0 Å². The number of fused-ring (bicyclic) bond motifs is 1. The van der Waals surface area contributed by atoms with Gasteiger partial charge in [-0.05, 0) is 38.3 Å². The van der Waals surface area contributed by atoms with Gasteiger partial charge in [-0.25, -0.2) is 4.98 Å². The van der Waals surface area contributed by atoms with E-state index in [2.05, 4.69) is 4.98 Å². The molecule has 0 spiro atoms. The van der Waals surface area contributed by atoms with Crippen molar-refractivity contribution in [1.82, 2.24) is 14.5 Å². The number of imidazole rings is 1. The molecule has 6 heteroatoms. The Kier molecular flexibility index (Phi) is 4.60. The lowest BCUT2D eigenvalue weighted by Gasteiger charge is -2.26. The zero-order valence-corrected chi connectivity index (χ0v) is 13.3. The Balaban J connectivity index is 1.58. The van der Waals surface area contributed by atoms with Crippen LogP contribution in [0.1, 0.15) is 25.1 Å². The largest absolute Gasteiger partial charge is 0.454 e. The highest BCUT2D eigenvalue weighted by Gasteiger charge is 2.18. The Morgan fingerprint density at radius 1 is 1.17 bits per heavy atom. The second-order valence-electron chi connectivity index (χ2n) is 5.84. The van der Waals surface area contributed by atoms with Gasteiger partial charge in [0.25, 0.3) is 5.91 Å². The minimum Gasteiger partial charge on any atom is -0.454 e. The number of amides is 1. The first-order chi connectivity index (χ1) is 11.1. The molecule has 1 aromatic heterocycles. The van der Waals surface area contributed by atoms with Gasteiger partial charge in [0.05, 0.1) is 11.0 Å². The molecule has 1 aromatic carbocycles. The number of nitrogens with zero attached hydrogens (tertiary/aromatic N) is 3. The van der Waals surface area contributed by atoms with E-state index < -0.39 is 5.97 Å². The number of aromatic nitrogens is 2. The van der Waals surface area contributed by atoms with Crippen LogP contribution in [0.5, 0.6) is 0 Å².